The average Bonchev–Trinajstić information content (AvgIpc) is 2.47. The van der Waals surface area contributed by atoms with Crippen LogP contribution in [0.25, 0.3) is 0 Å². The van der Waals surface area contributed by atoms with Crippen LogP contribution in [0.3, 0.4) is 0 Å². The number of hydrogen-bond donors (Lipinski definition) is 7. The molecule has 0 saturated heterocycles. The molecule has 0 radical (unpaired) electrons. The van der Waals surface area contributed by atoms with Gasteiger partial charge in [-0.25, -0.2) is 4.79 Å². The van der Waals surface area contributed by atoms with Crippen LogP contribution in [0.2, 0.25) is 0 Å². The first-order valence-corrected chi connectivity index (χ1v) is 5.85. The topological polar surface area (TPSA) is 168 Å². The fourth-order valence-corrected chi connectivity index (χ4v) is 1.43. The molecule has 7 N–H and O–H groups in total. The summed E-state index contributed by atoms with van der Waals surface area (Å²) in [4.78, 5) is 11.6. The van der Waals surface area contributed by atoms with Crippen LogP contribution >= 0.6 is 0 Å². The van der Waals surface area contributed by atoms with Crippen LogP contribution in [0, 0.1) is 0 Å². The van der Waals surface area contributed by atoms with Crippen molar-refractivity contribution in [3.63, 3.8) is 0 Å². The SMILES string of the molecule is O=C(OCC(O)C(O)C(O)CO)c1cc(O)c(O)c(O)c1. The third-order valence-electron chi connectivity index (χ3n) is 2.67. The van der Waals surface area contributed by atoms with Crippen molar-refractivity contribution in [1.29, 1.82) is 0 Å². The zero-order chi connectivity index (χ0) is 16.2. The fourth-order valence-electron chi connectivity index (χ4n) is 1.43. The van der Waals surface area contributed by atoms with Crippen molar-refractivity contribution in [3.8, 4) is 17.2 Å². The molecule has 0 heterocycles. The molecule has 0 fully saturated rings. The van der Waals surface area contributed by atoms with Crippen LogP contribution in [0.1, 0.15) is 10.4 Å². The van der Waals surface area contributed by atoms with E-state index in [1.54, 1.807) is 0 Å². The lowest BCUT2D eigenvalue weighted by molar-refractivity contribution is -0.0925. The second-order valence-electron chi connectivity index (χ2n) is 4.27. The van der Waals surface area contributed by atoms with E-state index < -0.39 is 54.7 Å². The zero-order valence-electron chi connectivity index (χ0n) is 10.7. The van der Waals surface area contributed by atoms with Gasteiger partial charge in [-0.3, -0.25) is 0 Å². The zero-order valence-corrected chi connectivity index (χ0v) is 10.7. The minimum absolute atomic E-state index is 0.299. The largest absolute Gasteiger partial charge is 0.504 e. The van der Waals surface area contributed by atoms with Gasteiger partial charge in [0.2, 0.25) is 0 Å². The summed E-state index contributed by atoms with van der Waals surface area (Å²) < 4.78 is 4.61. The van der Waals surface area contributed by atoms with Gasteiger partial charge in [0.1, 0.15) is 24.9 Å². The molecular weight excluding hydrogens is 288 g/mol. The monoisotopic (exact) mass is 304 g/mol. The number of aliphatic hydroxyl groups is 4. The van der Waals surface area contributed by atoms with E-state index in [4.69, 9.17) is 15.3 Å². The Morgan fingerprint density at radius 2 is 1.57 bits per heavy atom. The minimum atomic E-state index is -1.72. The Kier molecular flexibility index (Phi) is 5.73. The maximum Gasteiger partial charge on any atom is 0.338 e. The van der Waals surface area contributed by atoms with E-state index >= 15 is 0 Å². The highest BCUT2D eigenvalue weighted by atomic mass is 16.5. The highest BCUT2D eigenvalue weighted by molar-refractivity contribution is 5.91. The number of carbonyl (C=O) groups is 1. The molecule has 1 rings (SSSR count). The van der Waals surface area contributed by atoms with Gasteiger partial charge in [-0.15, -0.1) is 0 Å². The molecule has 118 valence electrons. The molecule has 9 nitrogen and oxygen atoms in total. The standard InChI is InChI=1S/C12H16O9/c13-3-8(16)11(19)9(17)4-21-12(20)5-1-6(14)10(18)7(15)2-5/h1-2,8-9,11,13-19H,3-4H2. The third kappa shape index (κ3) is 4.20. The van der Waals surface area contributed by atoms with E-state index in [-0.39, 0.29) is 5.56 Å². The molecule has 1 aromatic carbocycles. The summed E-state index contributed by atoms with van der Waals surface area (Å²) in [6.07, 6.45) is -4.96. The van der Waals surface area contributed by atoms with Gasteiger partial charge in [-0.1, -0.05) is 0 Å². The highest BCUT2D eigenvalue weighted by Crippen LogP contribution is 2.35. The van der Waals surface area contributed by atoms with Gasteiger partial charge >= 0.3 is 5.97 Å². The van der Waals surface area contributed by atoms with Crippen LogP contribution in [-0.4, -0.2) is 73.2 Å². The van der Waals surface area contributed by atoms with E-state index in [0.717, 1.165) is 12.1 Å². The highest BCUT2D eigenvalue weighted by Gasteiger charge is 2.25. The first-order chi connectivity index (χ1) is 9.77. The summed E-state index contributed by atoms with van der Waals surface area (Å²) in [5.41, 5.74) is -0.299. The maximum atomic E-state index is 11.6. The third-order valence-corrected chi connectivity index (χ3v) is 2.67. The molecule has 0 saturated carbocycles. The Bertz CT molecular complexity index is 478. The molecule has 0 aromatic heterocycles. The molecule has 3 atom stereocenters. The number of rotatable bonds is 6. The quantitative estimate of drug-likeness (QED) is 0.233. The molecule has 9 heteroatoms. The van der Waals surface area contributed by atoms with Crippen molar-refractivity contribution in [2.24, 2.45) is 0 Å². The number of phenolic OH excluding ortho intramolecular Hbond substituents is 3. The van der Waals surface area contributed by atoms with Gasteiger partial charge in [0.25, 0.3) is 0 Å². The van der Waals surface area contributed by atoms with Gasteiger partial charge in [-0.2, -0.15) is 0 Å². The van der Waals surface area contributed by atoms with Gasteiger partial charge in [0, 0.05) is 0 Å². The summed E-state index contributed by atoms with van der Waals surface area (Å²) in [7, 11) is 0. The van der Waals surface area contributed by atoms with Crippen LogP contribution in [0.4, 0.5) is 0 Å². The number of phenols is 3. The molecule has 0 aliphatic rings. The lowest BCUT2D eigenvalue weighted by atomic mass is 10.1. The Morgan fingerprint density at radius 3 is 2.05 bits per heavy atom. The summed E-state index contributed by atoms with van der Waals surface area (Å²) in [5.74, 6) is -3.32. The second-order valence-corrected chi connectivity index (χ2v) is 4.27. The maximum absolute atomic E-state index is 11.6. The molecule has 3 unspecified atom stereocenters. The Labute approximate surface area is 118 Å². The Balaban J connectivity index is 2.66. The van der Waals surface area contributed by atoms with Crippen molar-refractivity contribution < 1.29 is 45.3 Å². The molecule has 1 aromatic rings. The normalized spacial score (nSPS) is 15.2. The fraction of sp³-hybridized carbons (Fsp3) is 0.417. The van der Waals surface area contributed by atoms with Crippen LogP contribution < -0.4 is 0 Å². The lowest BCUT2D eigenvalue weighted by Gasteiger charge is -2.21. The molecule has 0 aliphatic heterocycles. The predicted molar refractivity (Wildman–Crippen MR) is 66.8 cm³/mol. The van der Waals surface area contributed by atoms with E-state index in [9.17, 15) is 25.2 Å². The van der Waals surface area contributed by atoms with Gasteiger partial charge in [0.15, 0.2) is 17.2 Å². The molecule has 0 amide bonds. The molecule has 21 heavy (non-hydrogen) atoms. The van der Waals surface area contributed by atoms with E-state index in [0.29, 0.717) is 0 Å². The minimum Gasteiger partial charge on any atom is -0.504 e. The van der Waals surface area contributed by atoms with Crippen LogP contribution in [-0.2, 0) is 4.74 Å². The van der Waals surface area contributed by atoms with Crippen LogP contribution in [0.15, 0.2) is 12.1 Å². The first-order valence-electron chi connectivity index (χ1n) is 5.85. The van der Waals surface area contributed by atoms with Crippen molar-refractivity contribution in [1.82, 2.24) is 0 Å². The van der Waals surface area contributed by atoms with Crippen molar-refractivity contribution in [2.45, 2.75) is 18.3 Å². The van der Waals surface area contributed by atoms with E-state index in [2.05, 4.69) is 4.74 Å². The smallest absolute Gasteiger partial charge is 0.338 e. The molecule has 0 aliphatic carbocycles. The van der Waals surface area contributed by atoms with Crippen LogP contribution in [0.5, 0.6) is 17.2 Å². The molecular formula is C12H16O9. The second kappa shape index (κ2) is 7.09. The molecule has 0 spiro atoms. The average molecular weight is 304 g/mol. The summed E-state index contributed by atoms with van der Waals surface area (Å²) >= 11 is 0. The van der Waals surface area contributed by atoms with E-state index in [1.165, 1.54) is 0 Å². The number of aromatic hydroxyl groups is 3. The Hall–Kier alpha value is -2.07. The summed E-state index contributed by atoms with van der Waals surface area (Å²) in [5, 5.41) is 64.0. The summed E-state index contributed by atoms with van der Waals surface area (Å²) in [6.45, 7) is -1.48. The van der Waals surface area contributed by atoms with Gasteiger partial charge in [0.05, 0.1) is 12.2 Å². The van der Waals surface area contributed by atoms with Crippen molar-refractivity contribution in [2.75, 3.05) is 13.2 Å². The van der Waals surface area contributed by atoms with Crippen molar-refractivity contribution >= 4 is 5.97 Å². The lowest BCUT2D eigenvalue weighted by Crippen LogP contribution is -2.42. The number of esters is 1. The van der Waals surface area contributed by atoms with Gasteiger partial charge < -0.3 is 40.5 Å². The number of carbonyl (C=O) groups excluding carboxylic acids is 1. The predicted octanol–water partition coefficient (Wildman–Crippen LogP) is -1.96. The summed E-state index contributed by atoms with van der Waals surface area (Å²) in [6, 6.07) is 1.67. The van der Waals surface area contributed by atoms with E-state index in [1.807, 2.05) is 0 Å². The number of benzene rings is 1. The number of ether oxygens (including phenoxy) is 1. The number of aliphatic hydroxyl groups excluding tert-OH is 4. The van der Waals surface area contributed by atoms with Gasteiger partial charge in [-0.05, 0) is 12.1 Å². The first kappa shape index (κ1) is 17.0. The molecule has 0 bridgehead atoms. The Morgan fingerprint density at radius 1 is 1.05 bits per heavy atom. The van der Waals surface area contributed by atoms with Crippen molar-refractivity contribution in [3.05, 3.63) is 17.7 Å². The number of hydrogen-bond acceptors (Lipinski definition) is 9.